The van der Waals surface area contributed by atoms with E-state index in [9.17, 15) is 0 Å². The molecule has 1 fully saturated rings. The fourth-order valence-electron chi connectivity index (χ4n) is 4.44. The smallest absolute Gasteiger partial charge is 0.0964 e. The molecule has 3 aromatic heterocycles. The summed E-state index contributed by atoms with van der Waals surface area (Å²) >= 11 is 0. The molecule has 0 bridgehead atoms. The monoisotopic (exact) mass is 388 g/mol. The van der Waals surface area contributed by atoms with E-state index in [0.29, 0.717) is 5.92 Å². The minimum Gasteiger partial charge on any atom is -0.381 e. The maximum absolute atomic E-state index is 5.62. The van der Waals surface area contributed by atoms with Crippen LogP contribution >= 0.6 is 0 Å². The number of pyridine rings is 1. The third-order valence-electron chi connectivity index (χ3n) is 5.85. The lowest BCUT2D eigenvalue weighted by molar-refractivity contribution is 0.0542. The van der Waals surface area contributed by atoms with Gasteiger partial charge in [0.15, 0.2) is 0 Å². The van der Waals surface area contributed by atoms with Gasteiger partial charge in [0.25, 0.3) is 0 Å². The summed E-state index contributed by atoms with van der Waals surface area (Å²) in [5.74, 6) is 0.458. The number of imidazole rings is 1. The van der Waals surface area contributed by atoms with Gasteiger partial charge in [-0.25, -0.2) is 9.67 Å². The molecule has 4 heterocycles. The van der Waals surface area contributed by atoms with Gasteiger partial charge in [0, 0.05) is 32.0 Å². The molecule has 29 heavy (non-hydrogen) atoms. The quantitative estimate of drug-likeness (QED) is 0.535. The highest BCUT2D eigenvalue weighted by atomic mass is 16.5. The van der Waals surface area contributed by atoms with Crippen LogP contribution in [0.1, 0.15) is 30.3 Å². The average molecular weight is 388 g/mol. The van der Waals surface area contributed by atoms with Gasteiger partial charge in [0.05, 0.1) is 40.5 Å². The fourth-order valence-corrected chi connectivity index (χ4v) is 4.44. The Balaban J connectivity index is 1.66. The van der Waals surface area contributed by atoms with E-state index in [0.717, 1.165) is 59.7 Å². The van der Waals surface area contributed by atoms with E-state index >= 15 is 0 Å². The van der Waals surface area contributed by atoms with E-state index in [4.69, 9.17) is 14.7 Å². The van der Waals surface area contributed by atoms with Gasteiger partial charge < -0.3 is 9.30 Å². The van der Waals surface area contributed by atoms with Crippen molar-refractivity contribution < 1.29 is 4.74 Å². The number of hydrogen-bond donors (Lipinski definition) is 0. The second-order valence-electron chi connectivity index (χ2n) is 7.65. The first-order valence-electron chi connectivity index (χ1n) is 10.0. The predicted octanol–water partition coefficient (Wildman–Crippen LogP) is 3.55. The zero-order valence-corrected chi connectivity index (χ0v) is 16.7. The van der Waals surface area contributed by atoms with Gasteiger partial charge in [-0.1, -0.05) is 17.3 Å². The van der Waals surface area contributed by atoms with Crippen LogP contribution < -0.4 is 0 Å². The van der Waals surface area contributed by atoms with E-state index < -0.39 is 0 Å². The molecule has 0 spiro atoms. The number of benzene rings is 1. The largest absolute Gasteiger partial charge is 0.381 e. The second-order valence-corrected chi connectivity index (χ2v) is 7.65. The number of hydrogen-bond acceptors (Lipinski definition) is 5. The van der Waals surface area contributed by atoms with Crippen molar-refractivity contribution in [3.05, 3.63) is 60.3 Å². The van der Waals surface area contributed by atoms with Crippen LogP contribution in [0.4, 0.5) is 0 Å². The van der Waals surface area contributed by atoms with Gasteiger partial charge in [0.2, 0.25) is 0 Å². The van der Waals surface area contributed by atoms with Gasteiger partial charge in [-0.2, -0.15) is 0 Å². The molecule has 1 aromatic carbocycles. The maximum Gasteiger partial charge on any atom is 0.0964 e. The summed E-state index contributed by atoms with van der Waals surface area (Å²) in [6.07, 6.45) is 5.87. The van der Waals surface area contributed by atoms with E-state index in [2.05, 4.69) is 45.2 Å². The first kappa shape index (κ1) is 18.0. The minimum atomic E-state index is 0.131. The van der Waals surface area contributed by atoms with Crippen molar-refractivity contribution in [2.45, 2.75) is 25.8 Å². The normalized spacial score (nSPS) is 16.3. The Hall–Kier alpha value is -3.06. The molecule has 1 aliphatic heterocycles. The zero-order chi connectivity index (χ0) is 19.8. The third kappa shape index (κ3) is 3.21. The molecular weight excluding hydrogens is 364 g/mol. The van der Waals surface area contributed by atoms with Gasteiger partial charge in [-0.15, -0.1) is 5.10 Å². The second kappa shape index (κ2) is 7.40. The highest BCUT2D eigenvalue weighted by Gasteiger charge is 2.29. The van der Waals surface area contributed by atoms with Crippen molar-refractivity contribution in [1.29, 1.82) is 0 Å². The molecule has 1 saturated heterocycles. The third-order valence-corrected chi connectivity index (χ3v) is 5.85. The standard InChI is InChI=1S/C22H24N6O/c1-15-21(27(2)26-25-15)17-6-7-18-20(13-17)28(14-24-18)22(16-8-11-29-12-9-16)19-5-3-4-10-23-19/h3-7,10,13-14,16,22H,8-9,11-12H2,1-2H3/t22-/m1/s1. The summed E-state index contributed by atoms with van der Waals surface area (Å²) in [5, 5.41) is 8.36. The van der Waals surface area contributed by atoms with Gasteiger partial charge in [0.1, 0.15) is 0 Å². The summed E-state index contributed by atoms with van der Waals surface area (Å²) in [6.45, 7) is 3.58. The van der Waals surface area contributed by atoms with Crippen molar-refractivity contribution in [2.75, 3.05) is 13.2 Å². The number of ether oxygens (including phenoxy) is 1. The summed E-state index contributed by atoms with van der Waals surface area (Å²) in [6, 6.07) is 12.6. The Morgan fingerprint density at radius 3 is 2.69 bits per heavy atom. The zero-order valence-electron chi connectivity index (χ0n) is 16.7. The first-order chi connectivity index (χ1) is 14.2. The molecule has 5 rings (SSSR count). The Labute approximate surface area is 169 Å². The topological polar surface area (TPSA) is 70.7 Å². The minimum absolute atomic E-state index is 0.131. The Morgan fingerprint density at radius 1 is 1.10 bits per heavy atom. The maximum atomic E-state index is 5.62. The molecule has 7 heteroatoms. The lowest BCUT2D eigenvalue weighted by atomic mass is 9.89. The van der Waals surface area contributed by atoms with Gasteiger partial charge in [-0.3, -0.25) is 4.98 Å². The molecule has 0 saturated carbocycles. The summed E-state index contributed by atoms with van der Waals surface area (Å²) < 4.78 is 9.74. The highest BCUT2D eigenvalue weighted by molar-refractivity contribution is 5.82. The molecule has 4 aromatic rings. The average Bonchev–Trinajstić information content (AvgIpc) is 3.32. The van der Waals surface area contributed by atoms with Crippen molar-refractivity contribution >= 4 is 11.0 Å². The molecule has 0 unspecified atom stereocenters. The van der Waals surface area contributed by atoms with Crippen LogP contribution in [-0.4, -0.2) is 42.7 Å². The summed E-state index contributed by atoms with van der Waals surface area (Å²) in [5.41, 5.74) is 6.20. The summed E-state index contributed by atoms with van der Waals surface area (Å²) in [4.78, 5) is 9.40. The number of rotatable bonds is 4. The molecule has 0 N–H and O–H groups in total. The Morgan fingerprint density at radius 2 is 1.97 bits per heavy atom. The summed E-state index contributed by atoms with van der Waals surface area (Å²) in [7, 11) is 1.93. The van der Waals surface area contributed by atoms with Crippen molar-refractivity contribution in [3.63, 3.8) is 0 Å². The Bertz CT molecular complexity index is 1110. The van der Waals surface area contributed by atoms with Crippen LogP contribution in [0.2, 0.25) is 0 Å². The number of nitrogens with zero attached hydrogens (tertiary/aromatic N) is 6. The van der Waals surface area contributed by atoms with E-state index in [1.807, 2.05) is 37.2 Å². The van der Waals surface area contributed by atoms with Crippen LogP contribution in [0.15, 0.2) is 48.9 Å². The van der Waals surface area contributed by atoms with Crippen LogP contribution in [0, 0.1) is 12.8 Å². The van der Waals surface area contributed by atoms with Gasteiger partial charge in [-0.05, 0) is 49.9 Å². The van der Waals surface area contributed by atoms with Crippen molar-refractivity contribution in [1.82, 2.24) is 29.5 Å². The molecule has 0 aliphatic carbocycles. The van der Waals surface area contributed by atoms with E-state index in [1.165, 1.54) is 0 Å². The number of aryl methyl sites for hydroxylation is 2. The van der Waals surface area contributed by atoms with Crippen LogP contribution in [-0.2, 0) is 11.8 Å². The Kier molecular flexibility index (Phi) is 4.60. The number of aromatic nitrogens is 6. The highest BCUT2D eigenvalue weighted by Crippen LogP contribution is 2.35. The van der Waals surface area contributed by atoms with E-state index in [1.54, 1.807) is 0 Å². The van der Waals surface area contributed by atoms with E-state index in [-0.39, 0.29) is 6.04 Å². The van der Waals surface area contributed by atoms with Crippen LogP contribution in [0.25, 0.3) is 22.3 Å². The van der Waals surface area contributed by atoms with Crippen LogP contribution in [0.3, 0.4) is 0 Å². The molecule has 0 amide bonds. The fraction of sp³-hybridized carbons (Fsp3) is 0.364. The SMILES string of the molecule is Cc1nnn(C)c1-c1ccc2ncn([C@@H](c3ccccn3)C3CCOCC3)c2c1. The van der Waals surface area contributed by atoms with Gasteiger partial charge >= 0.3 is 0 Å². The molecule has 7 nitrogen and oxygen atoms in total. The van der Waals surface area contributed by atoms with Crippen molar-refractivity contribution in [3.8, 4) is 11.3 Å². The predicted molar refractivity (Wildman–Crippen MR) is 110 cm³/mol. The first-order valence-corrected chi connectivity index (χ1v) is 10.0. The lowest BCUT2D eigenvalue weighted by Gasteiger charge is -2.31. The van der Waals surface area contributed by atoms with Crippen LogP contribution in [0.5, 0.6) is 0 Å². The molecule has 148 valence electrons. The lowest BCUT2D eigenvalue weighted by Crippen LogP contribution is -2.27. The molecule has 1 aliphatic rings. The molecule has 1 atom stereocenters. The molecule has 0 radical (unpaired) electrons. The van der Waals surface area contributed by atoms with Crippen molar-refractivity contribution in [2.24, 2.45) is 13.0 Å². The number of fused-ring (bicyclic) bond motifs is 1. The molecular formula is C22H24N6O.